The second kappa shape index (κ2) is 9.24. The molecule has 4 nitrogen and oxygen atoms in total. The molecule has 27 heavy (non-hydrogen) atoms. The predicted molar refractivity (Wildman–Crippen MR) is 113 cm³/mol. The SMILES string of the molecule is Cc1ccc(NC(=O)COc2ccccc2CNc2ccc(Br)cc2)cc1. The van der Waals surface area contributed by atoms with E-state index in [4.69, 9.17) is 4.74 Å². The minimum Gasteiger partial charge on any atom is -0.483 e. The Morgan fingerprint density at radius 3 is 2.33 bits per heavy atom. The van der Waals surface area contributed by atoms with Crippen molar-refractivity contribution in [3.63, 3.8) is 0 Å². The Hall–Kier alpha value is -2.79. The lowest BCUT2D eigenvalue weighted by Gasteiger charge is -2.13. The molecule has 3 aromatic rings. The fourth-order valence-corrected chi connectivity index (χ4v) is 2.80. The third-order valence-electron chi connectivity index (χ3n) is 3.99. The van der Waals surface area contributed by atoms with Gasteiger partial charge in [0.2, 0.25) is 0 Å². The molecule has 0 atom stereocenters. The van der Waals surface area contributed by atoms with E-state index in [2.05, 4.69) is 26.6 Å². The van der Waals surface area contributed by atoms with Crippen molar-refractivity contribution >= 4 is 33.2 Å². The molecular formula is C22H21BrN2O2. The minimum atomic E-state index is -0.186. The number of ether oxygens (including phenoxy) is 1. The third-order valence-corrected chi connectivity index (χ3v) is 4.52. The lowest BCUT2D eigenvalue weighted by atomic mass is 10.2. The summed E-state index contributed by atoms with van der Waals surface area (Å²) in [6.45, 7) is 2.58. The number of carbonyl (C=O) groups is 1. The summed E-state index contributed by atoms with van der Waals surface area (Å²) in [6.07, 6.45) is 0. The van der Waals surface area contributed by atoms with Crippen LogP contribution in [-0.2, 0) is 11.3 Å². The van der Waals surface area contributed by atoms with E-state index in [9.17, 15) is 4.79 Å². The Morgan fingerprint density at radius 1 is 0.926 bits per heavy atom. The number of rotatable bonds is 7. The normalized spacial score (nSPS) is 10.3. The van der Waals surface area contributed by atoms with Crippen molar-refractivity contribution in [2.75, 3.05) is 17.2 Å². The number of aryl methyl sites for hydroxylation is 1. The van der Waals surface area contributed by atoms with Crippen molar-refractivity contribution < 1.29 is 9.53 Å². The Labute approximate surface area is 167 Å². The van der Waals surface area contributed by atoms with Crippen molar-refractivity contribution in [3.8, 4) is 5.75 Å². The molecule has 0 heterocycles. The van der Waals surface area contributed by atoms with Gasteiger partial charge in [-0.25, -0.2) is 0 Å². The lowest BCUT2D eigenvalue weighted by Crippen LogP contribution is -2.20. The largest absolute Gasteiger partial charge is 0.483 e. The van der Waals surface area contributed by atoms with E-state index in [-0.39, 0.29) is 12.5 Å². The molecule has 0 aliphatic rings. The molecule has 3 rings (SSSR count). The summed E-state index contributed by atoms with van der Waals surface area (Å²) < 4.78 is 6.78. The molecule has 3 aromatic carbocycles. The lowest BCUT2D eigenvalue weighted by molar-refractivity contribution is -0.118. The zero-order valence-electron chi connectivity index (χ0n) is 15.0. The van der Waals surface area contributed by atoms with Gasteiger partial charge in [0.15, 0.2) is 6.61 Å². The zero-order chi connectivity index (χ0) is 19.1. The van der Waals surface area contributed by atoms with Crippen LogP contribution in [0.1, 0.15) is 11.1 Å². The van der Waals surface area contributed by atoms with Crippen LogP contribution in [0.25, 0.3) is 0 Å². The molecular weight excluding hydrogens is 404 g/mol. The van der Waals surface area contributed by atoms with Crippen LogP contribution in [-0.4, -0.2) is 12.5 Å². The number of nitrogens with one attached hydrogen (secondary N) is 2. The molecule has 0 aliphatic carbocycles. The summed E-state index contributed by atoms with van der Waals surface area (Å²) in [4.78, 5) is 12.1. The standard InChI is InChI=1S/C22H21BrN2O2/c1-16-6-10-20(11-7-16)25-22(26)15-27-21-5-3-2-4-17(21)14-24-19-12-8-18(23)9-13-19/h2-13,24H,14-15H2,1H3,(H,25,26). The van der Waals surface area contributed by atoms with Gasteiger partial charge < -0.3 is 15.4 Å². The highest BCUT2D eigenvalue weighted by Gasteiger charge is 2.07. The van der Waals surface area contributed by atoms with Gasteiger partial charge in [0.1, 0.15) is 5.75 Å². The van der Waals surface area contributed by atoms with E-state index in [0.29, 0.717) is 12.3 Å². The van der Waals surface area contributed by atoms with E-state index in [1.807, 2.05) is 79.7 Å². The van der Waals surface area contributed by atoms with E-state index in [0.717, 1.165) is 27.0 Å². The number of hydrogen-bond donors (Lipinski definition) is 2. The summed E-state index contributed by atoms with van der Waals surface area (Å²) in [7, 11) is 0. The monoisotopic (exact) mass is 424 g/mol. The summed E-state index contributed by atoms with van der Waals surface area (Å²) in [5, 5.41) is 6.20. The quantitative estimate of drug-likeness (QED) is 0.534. The first-order chi connectivity index (χ1) is 13.1. The van der Waals surface area contributed by atoms with Crippen LogP contribution in [0.5, 0.6) is 5.75 Å². The Morgan fingerprint density at radius 2 is 1.59 bits per heavy atom. The van der Waals surface area contributed by atoms with E-state index in [1.54, 1.807) is 0 Å². The van der Waals surface area contributed by atoms with Crippen LogP contribution in [0.3, 0.4) is 0 Å². The van der Waals surface area contributed by atoms with E-state index >= 15 is 0 Å². The molecule has 138 valence electrons. The van der Waals surface area contributed by atoms with Crippen LogP contribution in [0.15, 0.2) is 77.3 Å². The van der Waals surface area contributed by atoms with Crippen molar-refractivity contribution in [3.05, 3.63) is 88.4 Å². The van der Waals surface area contributed by atoms with Gasteiger partial charge in [-0.05, 0) is 49.4 Å². The zero-order valence-corrected chi connectivity index (χ0v) is 16.6. The fourth-order valence-electron chi connectivity index (χ4n) is 2.53. The first-order valence-electron chi connectivity index (χ1n) is 8.67. The Balaban J connectivity index is 1.56. The van der Waals surface area contributed by atoms with Crippen LogP contribution < -0.4 is 15.4 Å². The topological polar surface area (TPSA) is 50.4 Å². The summed E-state index contributed by atoms with van der Waals surface area (Å²) in [5.74, 6) is 0.510. The maximum Gasteiger partial charge on any atom is 0.262 e. The van der Waals surface area contributed by atoms with Crippen LogP contribution in [0, 0.1) is 6.92 Å². The highest BCUT2D eigenvalue weighted by atomic mass is 79.9. The molecule has 2 N–H and O–H groups in total. The number of carbonyl (C=O) groups excluding carboxylic acids is 1. The highest BCUT2D eigenvalue weighted by molar-refractivity contribution is 9.10. The summed E-state index contributed by atoms with van der Waals surface area (Å²) in [5.41, 5.74) is 3.92. The summed E-state index contributed by atoms with van der Waals surface area (Å²) >= 11 is 3.43. The maximum atomic E-state index is 12.1. The van der Waals surface area contributed by atoms with Crippen molar-refractivity contribution in [2.24, 2.45) is 0 Å². The second-order valence-electron chi connectivity index (χ2n) is 6.17. The average molecular weight is 425 g/mol. The smallest absolute Gasteiger partial charge is 0.262 e. The molecule has 0 unspecified atom stereocenters. The number of benzene rings is 3. The molecule has 0 saturated heterocycles. The molecule has 0 spiro atoms. The highest BCUT2D eigenvalue weighted by Crippen LogP contribution is 2.21. The van der Waals surface area contributed by atoms with E-state index < -0.39 is 0 Å². The average Bonchev–Trinajstić information content (AvgIpc) is 2.68. The van der Waals surface area contributed by atoms with Gasteiger partial charge in [0, 0.05) is 28.0 Å². The van der Waals surface area contributed by atoms with E-state index in [1.165, 1.54) is 0 Å². The first-order valence-corrected chi connectivity index (χ1v) is 9.46. The van der Waals surface area contributed by atoms with Gasteiger partial charge in [0.25, 0.3) is 5.91 Å². The molecule has 0 bridgehead atoms. The molecule has 0 radical (unpaired) electrons. The number of para-hydroxylation sites is 1. The Kier molecular flexibility index (Phi) is 6.49. The van der Waals surface area contributed by atoms with Crippen molar-refractivity contribution in [2.45, 2.75) is 13.5 Å². The maximum absolute atomic E-state index is 12.1. The molecule has 0 aliphatic heterocycles. The molecule has 0 saturated carbocycles. The fraction of sp³-hybridized carbons (Fsp3) is 0.136. The van der Waals surface area contributed by atoms with Crippen molar-refractivity contribution in [1.82, 2.24) is 0 Å². The first kappa shape index (κ1) is 19.0. The van der Waals surface area contributed by atoms with Gasteiger partial charge in [0.05, 0.1) is 0 Å². The van der Waals surface area contributed by atoms with Crippen LogP contribution in [0.2, 0.25) is 0 Å². The molecule has 5 heteroatoms. The second-order valence-corrected chi connectivity index (χ2v) is 7.09. The van der Waals surface area contributed by atoms with Gasteiger partial charge in [-0.2, -0.15) is 0 Å². The number of amides is 1. The van der Waals surface area contributed by atoms with Crippen molar-refractivity contribution in [1.29, 1.82) is 0 Å². The Bertz CT molecular complexity index is 893. The predicted octanol–water partition coefficient (Wildman–Crippen LogP) is 5.39. The molecule has 0 fully saturated rings. The van der Waals surface area contributed by atoms with Crippen LogP contribution >= 0.6 is 15.9 Å². The van der Waals surface area contributed by atoms with Gasteiger partial charge in [-0.15, -0.1) is 0 Å². The number of anilines is 2. The molecule has 1 amide bonds. The van der Waals surface area contributed by atoms with Gasteiger partial charge in [-0.3, -0.25) is 4.79 Å². The van der Waals surface area contributed by atoms with Crippen LogP contribution in [0.4, 0.5) is 11.4 Å². The summed E-state index contributed by atoms with van der Waals surface area (Å²) in [6, 6.07) is 23.4. The van der Waals surface area contributed by atoms with Gasteiger partial charge >= 0.3 is 0 Å². The number of hydrogen-bond acceptors (Lipinski definition) is 3. The minimum absolute atomic E-state index is 0.0385. The third kappa shape index (κ3) is 5.86. The molecule has 0 aromatic heterocycles. The number of halogens is 1. The van der Waals surface area contributed by atoms with Gasteiger partial charge in [-0.1, -0.05) is 51.8 Å².